The van der Waals surface area contributed by atoms with Crippen LogP contribution in [-0.4, -0.2) is 32.4 Å². The summed E-state index contributed by atoms with van der Waals surface area (Å²) in [4.78, 5) is 12.3. The lowest BCUT2D eigenvalue weighted by molar-refractivity contribution is 0.0954. The summed E-state index contributed by atoms with van der Waals surface area (Å²) in [6.07, 6.45) is 2.11. The molecule has 0 aliphatic carbocycles. The van der Waals surface area contributed by atoms with E-state index in [9.17, 15) is 4.79 Å². The molecule has 29 heavy (non-hydrogen) atoms. The highest BCUT2D eigenvalue weighted by molar-refractivity contribution is 5.94. The van der Waals surface area contributed by atoms with E-state index in [1.165, 1.54) is 0 Å². The molecule has 1 N–H and O–H groups in total. The fourth-order valence-electron chi connectivity index (χ4n) is 2.88. The Labute approximate surface area is 169 Å². The van der Waals surface area contributed by atoms with E-state index in [-0.39, 0.29) is 12.3 Å². The van der Waals surface area contributed by atoms with Gasteiger partial charge in [-0.2, -0.15) is 10.4 Å². The van der Waals surface area contributed by atoms with E-state index in [1.807, 2.05) is 29.0 Å². The molecular formula is C21H24N6O2. The molecule has 0 bridgehead atoms. The second-order valence-corrected chi connectivity index (χ2v) is 7.21. The maximum atomic E-state index is 12.3. The Balaban J connectivity index is 1.93. The molecule has 0 spiro atoms. The fourth-order valence-corrected chi connectivity index (χ4v) is 2.88. The summed E-state index contributed by atoms with van der Waals surface area (Å²) >= 11 is 0. The van der Waals surface area contributed by atoms with E-state index < -0.39 is 0 Å². The number of amides is 1. The Morgan fingerprint density at radius 1 is 1.31 bits per heavy atom. The minimum absolute atomic E-state index is 0.217. The Kier molecular flexibility index (Phi) is 6.39. The van der Waals surface area contributed by atoms with Crippen LogP contribution in [0.5, 0.6) is 0 Å². The molecule has 1 aromatic carbocycles. The van der Waals surface area contributed by atoms with Crippen molar-refractivity contribution in [3.05, 3.63) is 47.5 Å². The zero-order valence-electron chi connectivity index (χ0n) is 16.8. The quantitative estimate of drug-likeness (QED) is 0.588. The number of hydrogen-bond acceptors (Lipinski definition) is 6. The van der Waals surface area contributed by atoms with Crippen LogP contribution in [0.3, 0.4) is 0 Å². The molecule has 0 aliphatic heterocycles. The van der Waals surface area contributed by atoms with Gasteiger partial charge in [-0.3, -0.25) is 4.79 Å². The third-order valence-corrected chi connectivity index (χ3v) is 4.38. The predicted octanol–water partition coefficient (Wildman–Crippen LogP) is 3.46. The van der Waals surface area contributed by atoms with Crippen LogP contribution in [0.4, 0.5) is 0 Å². The van der Waals surface area contributed by atoms with Crippen LogP contribution in [0.1, 0.15) is 48.6 Å². The van der Waals surface area contributed by atoms with E-state index in [0.717, 1.165) is 24.2 Å². The second-order valence-electron chi connectivity index (χ2n) is 7.21. The molecule has 0 saturated carbocycles. The number of benzene rings is 1. The molecule has 0 saturated heterocycles. The SMILES string of the molecule is Cc1nnc(-c2cc(CCC(C)C)n(-c3cccc(C(=O)NCCC#N)c3)n2)o1. The summed E-state index contributed by atoms with van der Waals surface area (Å²) in [6, 6.07) is 11.2. The van der Waals surface area contributed by atoms with Crippen LogP contribution >= 0.6 is 0 Å². The summed E-state index contributed by atoms with van der Waals surface area (Å²) in [5.41, 5.74) is 2.90. The molecule has 1 amide bonds. The number of carbonyl (C=O) groups is 1. The topological polar surface area (TPSA) is 110 Å². The van der Waals surface area contributed by atoms with Crippen molar-refractivity contribution in [3.8, 4) is 23.3 Å². The van der Waals surface area contributed by atoms with Crippen molar-refractivity contribution >= 4 is 5.91 Å². The number of nitrogens with one attached hydrogen (secondary N) is 1. The molecule has 2 aromatic heterocycles. The maximum Gasteiger partial charge on any atom is 0.268 e. The standard InChI is InChI=1S/C21H24N6O2/c1-14(2)8-9-18-13-19(21-25-24-15(3)29-21)26-27(18)17-7-4-6-16(12-17)20(28)23-11-5-10-22/h4,6-7,12-14H,5,8-9,11H2,1-3H3,(H,23,28). The number of aryl methyl sites for hydroxylation is 2. The van der Waals surface area contributed by atoms with Crippen LogP contribution in [0.15, 0.2) is 34.7 Å². The van der Waals surface area contributed by atoms with Crippen molar-refractivity contribution in [1.82, 2.24) is 25.3 Å². The number of nitriles is 1. The molecule has 0 aliphatic rings. The number of hydrogen-bond donors (Lipinski definition) is 1. The van der Waals surface area contributed by atoms with Gasteiger partial charge in [0.25, 0.3) is 11.8 Å². The Morgan fingerprint density at radius 3 is 2.83 bits per heavy atom. The third-order valence-electron chi connectivity index (χ3n) is 4.38. The van der Waals surface area contributed by atoms with Gasteiger partial charge in [-0.25, -0.2) is 4.68 Å². The first-order valence-electron chi connectivity index (χ1n) is 9.63. The Morgan fingerprint density at radius 2 is 2.14 bits per heavy atom. The summed E-state index contributed by atoms with van der Waals surface area (Å²) in [5.74, 6) is 1.18. The first kappa shape index (κ1) is 20.3. The van der Waals surface area contributed by atoms with Crippen LogP contribution in [0.25, 0.3) is 17.3 Å². The smallest absolute Gasteiger partial charge is 0.268 e. The van der Waals surface area contributed by atoms with Crippen molar-refractivity contribution in [3.63, 3.8) is 0 Å². The minimum atomic E-state index is -0.217. The van der Waals surface area contributed by atoms with Gasteiger partial charge in [0.15, 0.2) is 0 Å². The monoisotopic (exact) mass is 392 g/mol. The van der Waals surface area contributed by atoms with E-state index >= 15 is 0 Å². The van der Waals surface area contributed by atoms with Crippen LogP contribution < -0.4 is 5.32 Å². The molecule has 3 aromatic rings. The average Bonchev–Trinajstić information content (AvgIpc) is 3.33. The van der Waals surface area contributed by atoms with Gasteiger partial charge < -0.3 is 9.73 Å². The van der Waals surface area contributed by atoms with E-state index in [4.69, 9.17) is 9.68 Å². The highest BCUT2D eigenvalue weighted by Crippen LogP contribution is 2.23. The van der Waals surface area contributed by atoms with E-state index in [1.54, 1.807) is 19.1 Å². The van der Waals surface area contributed by atoms with Gasteiger partial charge in [-0.05, 0) is 43.0 Å². The van der Waals surface area contributed by atoms with Gasteiger partial charge in [-0.15, -0.1) is 10.2 Å². The normalized spacial score (nSPS) is 10.9. The van der Waals surface area contributed by atoms with Gasteiger partial charge in [0.05, 0.1) is 18.2 Å². The van der Waals surface area contributed by atoms with E-state index in [2.05, 4.69) is 34.5 Å². The highest BCUT2D eigenvalue weighted by Gasteiger charge is 2.17. The van der Waals surface area contributed by atoms with Crippen molar-refractivity contribution in [2.24, 2.45) is 5.92 Å². The molecular weight excluding hydrogens is 368 g/mol. The summed E-state index contributed by atoms with van der Waals surface area (Å²) < 4.78 is 7.35. The van der Waals surface area contributed by atoms with Crippen molar-refractivity contribution < 1.29 is 9.21 Å². The fraction of sp³-hybridized carbons (Fsp3) is 0.381. The average molecular weight is 392 g/mol. The molecule has 0 fully saturated rings. The molecule has 3 rings (SSSR count). The Bertz CT molecular complexity index is 1030. The number of nitrogens with zero attached hydrogens (tertiary/aromatic N) is 5. The van der Waals surface area contributed by atoms with Crippen LogP contribution in [-0.2, 0) is 6.42 Å². The summed E-state index contributed by atoms with van der Waals surface area (Å²) in [5, 5.41) is 24.0. The Hall–Kier alpha value is -3.47. The maximum absolute atomic E-state index is 12.3. The predicted molar refractivity (Wildman–Crippen MR) is 107 cm³/mol. The molecule has 150 valence electrons. The number of rotatable bonds is 8. The lowest BCUT2D eigenvalue weighted by atomic mass is 10.1. The molecule has 0 radical (unpaired) electrons. The first-order chi connectivity index (χ1) is 14.0. The zero-order valence-corrected chi connectivity index (χ0v) is 16.8. The van der Waals surface area contributed by atoms with Crippen LogP contribution in [0, 0.1) is 24.2 Å². The third kappa shape index (κ3) is 5.08. The molecule has 0 unspecified atom stereocenters. The zero-order chi connectivity index (χ0) is 20.8. The number of carbonyl (C=O) groups excluding carboxylic acids is 1. The van der Waals surface area contributed by atoms with Gasteiger partial charge in [0.2, 0.25) is 5.89 Å². The molecule has 8 heteroatoms. The van der Waals surface area contributed by atoms with Crippen molar-refractivity contribution in [2.45, 2.75) is 40.0 Å². The van der Waals surface area contributed by atoms with Gasteiger partial charge in [0, 0.05) is 24.7 Å². The molecule has 0 atom stereocenters. The lowest BCUT2D eigenvalue weighted by Crippen LogP contribution is -2.24. The van der Waals surface area contributed by atoms with Crippen LogP contribution in [0.2, 0.25) is 0 Å². The molecule has 2 heterocycles. The van der Waals surface area contributed by atoms with Gasteiger partial charge in [-0.1, -0.05) is 19.9 Å². The summed E-state index contributed by atoms with van der Waals surface area (Å²) in [6.45, 7) is 6.41. The second kappa shape index (κ2) is 9.15. The van der Waals surface area contributed by atoms with E-state index in [0.29, 0.717) is 35.5 Å². The molecule has 8 nitrogen and oxygen atoms in total. The van der Waals surface area contributed by atoms with Gasteiger partial charge >= 0.3 is 0 Å². The minimum Gasteiger partial charge on any atom is -0.420 e. The van der Waals surface area contributed by atoms with Crippen molar-refractivity contribution in [1.29, 1.82) is 5.26 Å². The lowest BCUT2D eigenvalue weighted by Gasteiger charge is -2.10. The van der Waals surface area contributed by atoms with Gasteiger partial charge in [0.1, 0.15) is 5.69 Å². The van der Waals surface area contributed by atoms with Crippen molar-refractivity contribution in [2.75, 3.05) is 6.54 Å². The summed E-state index contributed by atoms with van der Waals surface area (Å²) in [7, 11) is 0. The highest BCUT2D eigenvalue weighted by atomic mass is 16.4. The first-order valence-corrected chi connectivity index (χ1v) is 9.63. The largest absolute Gasteiger partial charge is 0.420 e. The number of aromatic nitrogens is 4.